The van der Waals surface area contributed by atoms with Crippen molar-refractivity contribution in [3.8, 4) is 0 Å². The monoisotopic (exact) mass is 345 g/mol. The average molecular weight is 345 g/mol. The Kier molecular flexibility index (Phi) is 4.92. The molecule has 1 N–H and O–H groups in total. The third-order valence-electron chi connectivity index (χ3n) is 4.03. The summed E-state index contributed by atoms with van der Waals surface area (Å²) in [6.45, 7) is 0.647. The zero-order chi connectivity index (χ0) is 17.0. The molecule has 1 unspecified atom stereocenters. The van der Waals surface area contributed by atoms with Gasteiger partial charge in [-0.05, 0) is 37.1 Å². The average Bonchev–Trinajstić information content (AvgIpc) is 3.12. The van der Waals surface area contributed by atoms with Crippen molar-refractivity contribution < 1.29 is 13.2 Å². The van der Waals surface area contributed by atoms with E-state index in [2.05, 4.69) is 10.3 Å². The van der Waals surface area contributed by atoms with E-state index in [1.807, 2.05) is 12.1 Å². The van der Waals surface area contributed by atoms with Gasteiger partial charge in [0.05, 0.1) is 17.1 Å². The van der Waals surface area contributed by atoms with Crippen LogP contribution in [0.5, 0.6) is 0 Å². The number of benzene rings is 1. The van der Waals surface area contributed by atoms with Gasteiger partial charge in [-0.25, -0.2) is 8.42 Å². The normalized spacial score (nSPS) is 18.4. The lowest BCUT2D eigenvalue weighted by Crippen LogP contribution is -2.45. The predicted molar refractivity (Wildman–Crippen MR) is 89.4 cm³/mol. The van der Waals surface area contributed by atoms with Gasteiger partial charge >= 0.3 is 0 Å². The van der Waals surface area contributed by atoms with Crippen LogP contribution in [0.25, 0.3) is 0 Å². The molecule has 7 heteroatoms. The Labute approximate surface area is 141 Å². The Bertz CT molecular complexity index is 794. The Hall–Kier alpha value is -2.25. The molecule has 1 aromatic heterocycles. The number of amides is 1. The Balaban J connectivity index is 1.72. The number of carbonyl (C=O) groups excluding carboxylic acids is 1. The largest absolute Gasteiger partial charge is 0.349 e. The van der Waals surface area contributed by atoms with E-state index in [0.29, 0.717) is 19.4 Å². The van der Waals surface area contributed by atoms with Crippen LogP contribution in [0.3, 0.4) is 0 Å². The van der Waals surface area contributed by atoms with Crippen LogP contribution in [0.15, 0.2) is 59.6 Å². The molecular formula is C17H19N3O3S. The summed E-state index contributed by atoms with van der Waals surface area (Å²) in [5.41, 5.74) is 0.737. The third-order valence-corrected chi connectivity index (χ3v) is 5.95. The molecule has 1 amide bonds. The molecule has 0 saturated carbocycles. The molecule has 2 aromatic rings. The molecule has 1 fully saturated rings. The van der Waals surface area contributed by atoms with Gasteiger partial charge in [-0.15, -0.1) is 0 Å². The lowest BCUT2D eigenvalue weighted by Gasteiger charge is -2.23. The van der Waals surface area contributed by atoms with Gasteiger partial charge in [-0.2, -0.15) is 4.31 Å². The van der Waals surface area contributed by atoms with Gasteiger partial charge in [0.1, 0.15) is 6.04 Å². The van der Waals surface area contributed by atoms with Crippen LogP contribution < -0.4 is 5.32 Å². The summed E-state index contributed by atoms with van der Waals surface area (Å²) >= 11 is 0. The molecule has 1 atom stereocenters. The first-order valence-electron chi connectivity index (χ1n) is 7.83. The SMILES string of the molecule is O=C(NCc1ccccn1)C1CCCN1S(=O)(=O)c1ccccc1. The molecule has 0 bridgehead atoms. The van der Waals surface area contributed by atoms with Crippen LogP contribution in [-0.2, 0) is 21.4 Å². The van der Waals surface area contributed by atoms with Gasteiger partial charge in [-0.1, -0.05) is 24.3 Å². The molecule has 2 heterocycles. The first-order valence-corrected chi connectivity index (χ1v) is 9.27. The summed E-state index contributed by atoms with van der Waals surface area (Å²) < 4.78 is 26.8. The number of sulfonamides is 1. The summed E-state index contributed by atoms with van der Waals surface area (Å²) in [5, 5.41) is 2.79. The molecule has 3 rings (SSSR count). The molecule has 126 valence electrons. The predicted octanol–water partition coefficient (Wildman–Crippen LogP) is 1.55. The molecule has 0 aliphatic carbocycles. The van der Waals surface area contributed by atoms with Crippen molar-refractivity contribution in [2.45, 2.75) is 30.3 Å². The minimum absolute atomic E-state index is 0.217. The smallest absolute Gasteiger partial charge is 0.243 e. The van der Waals surface area contributed by atoms with E-state index in [4.69, 9.17) is 0 Å². The number of aromatic nitrogens is 1. The van der Waals surface area contributed by atoms with E-state index in [9.17, 15) is 13.2 Å². The maximum absolute atomic E-state index is 12.8. The highest BCUT2D eigenvalue weighted by atomic mass is 32.2. The highest BCUT2D eigenvalue weighted by Gasteiger charge is 2.39. The quantitative estimate of drug-likeness (QED) is 0.892. The number of hydrogen-bond donors (Lipinski definition) is 1. The van der Waals surface area contributed by atoms with Gasteiger partial charge < -0.3 is 5.32 Å². The molecule has 0 radical (unpaired) electrons. The standard InChI is InChI=1S/C17H19N3O3S/c21-17(19-13-14-7-4-5-11-18-14)16-10-6-12-20(16)24(22,23)15-8-2-1-3-9-15/h1-5,7-9,11,16H,6,10,12-13H2,(H,19,21). The first kappa shape index (κ1) is 16.6. The molecular weight excluding hydrogens is 326 g/mol. The number of pyridine rings is 1. The number of hydrogen-bond acceptors (Lipinski definition) is 4. The maximum atomic E-state index is 12.8. The van der Waals surface area contributed by atoms with Crippen molar-refractivity contribution in [3.05, 3.63) is 60.4 Å². The van der Waals surface area contributed by atoms with E-state index in [1.165, 1.54) is 4.31 Å². The van der Waals surface area contributed by atoms with Gasteiger partial charge in [0.15, 0.2) is 0 Å². The number of nitrogens with zero attached hydrogens (tertiary/aromatic N) is 2. The van der Waals surface area contributed by atoms with E-state index in [1.54, 1.807) is 42.6 Å². The van der Waals surface area contributed by atoms with Crippen LogP contribution in [0.4, 0.5) is 0 Å². The number of nitrogens with one attached hydrogen (secondary N) is 1. The highest BCUT2D eigenvalue weighted by molar-refractivity contribution is 7.89. The summed E-state index contributed by atoms with van der Waals surface area (Å²) in [5.74, 6) is -0.280. The van der Waals surface area contributed by atoms with Crippen molar-refractivity contribution >= 4 is 15.9 Å². The molecule has 1 aliphatic rings. The van der Waals surface area contributed by atoms with Gasteiger partial charge in [0.2, 0.25) is 15.9 Å². The van der Waals surface area contributed by atoms with E-state index < -0.39 is 16.1 Å². The Morgan fingerprint density at radius 1 is 1.17 bits per heavy atom. The van der Waals surface area contributed by atoms with E-state index in [-0.39, 0.29) is 17.3 Å². The van der Waals surface area contributed by atoms with Gasteiger partial charge in [-0.3, -0.25) is 9.78 Å². The van der Waals surface area contributed by atoms with Gasteiger partial charge in [0.25, 0.3) is 0 Å². The minimum Gasteiger partial charge on any atom is -0.349 e. The summed E-state index contributed by atoms with van der Waals surface area (Å²) in [6, 6.07) is 13.0. The van der Waals surface area contributed by atoms with Crippen LogP contribution in [-0.4, -0.2) is 36.2 Å². The highest BCUT2D eigenvalue weighted by Crippen LogP contribution is 2.26. The lowest BCUT2D eigenvalue weighted by atomic mass is 10.2. The first-order chi connectivity index (χ1) is 11.6. The van der Waals surface area contributed by atoms with E-state index >= 15 is 0 Å². The Morgan fingerprint density at radius 2 is 1.92 bits per heavy atom. The zero-order valence-corrected chi connectivity index (χ0v) is 13.9. The minimum atomic E-state index is -3.66. The maximum Gasteiger partial charge on any atom is 0.243 e. The fourth-order valence-corrected chi connectivity index (χ4v) is 4.49. The second-order valence-electron chi connectivity index (χ2n) is 5.63. The second kappa shape index (κ2) is 7.11. The summed E-state index contributed by atoms with van der Waals surface area (Å²) in [4.78, 5) is 16.8. The van der Waals surface area contributed by atoms with Crippen molar-refractivity contribution in [2.75, 3.05) is 6.54 Å². The molecule has 1 saturated heterocycles. The van der Waals surface area contributed by atoms with Crippen LogP contribution in [0, 0.1) is 0 Å². The fraction of sp³-hybridized carbons (Fsp3) is 0.294. The third kappa shape index (κ3) is 3.47. The molecule has 0 spiro atoms. The lowest BCUT2D eigenvalue weighted by molar-refractivity contribution is -0.124. The van der Waals surface area contributed by atoms with Crippen molar-refractivity contribution in [3.63, 3.8) is 0 Å². The molecule has 1 aromatic carbocycles. The van der Waals surface area contributed by atoms with Crippen molar-refractivity contribution in [2.24, 2.45) is 0 Å². The number of rotatable bonds is 5. The molecule has 6 nitrogen and oxygen atoms in total. The van der Waals surface area contributed by atoms with Gasteiger partial charge in [0, 0.05) is 12.7 Å². The molecule has 24 heavy (non-hydrogen) atoms. The van der Waals surface area contributed by atoms with Crippen LogP contribution in [0.2, 0.25) is 0 Å². The zero-order valence-electron chi connectivity index (χ0n) is 13.1. The fourth-order valence-electron chi connectivity index (χ4n) is 2.82. The molecule has 1 aliphatic heterocycles. The summed E-state index contributed by atoms with van der Waals surface area (Å²) in [6.07, 6.45) is 2.86. The van der Waals surface area contributed by atoms with E-state index in [0.717, 1.165) is 5.69 Å². The summed E-state index contributed by atoms with van der Waals surface area (Å²) in [7, 11) is -3.66. The second-order valence-corrected chi connectivity index (χ2v) is 7.52. The number of carbonyl (C=O) groups is 1. The topological polar surface area (TPSA) is 79.4 Å². The van der Waals surface area contributed by atoms with Crippen LogP contribution in [0.1, 0.15) is 18.5 Å². The van der Waals surface area contributed by atoms with Crippen molar-refractivity contribution in [1.82, 2.24) is 14.6 Å². The van der Waals surface area contributed by atoms with Crippen LogP contribution >= 0.6 is 0 Å². The van der Waals surface area contributed by atoms with Crippen molar-refractivity contribution in [1.29, 1.82) is 0 Å². The Morgan fingerprint density at radius 3 is 2.62 bits per heavy atom.